The Hall–Kier alpha value is -2.62. The first-order valence-corrected chi connectivity index (χ1v) is 9.21. The summed E-state index contributed by atoms with van der Waals surface area (Å²) < 4.78 is 24.6. The minimum atomic E-state index is -3.81. The summed E-state index contributed by atoms with van der Waals surface area (Å²) in [5, 5.41) is 11.6. The van der Waals surface area contributed by atoms with Gasteiger partial charge in [0.2, 0.25) is 10.0 Å². The summed E-state index contributed by atoms with van der Waals surface area (Å²) in [6, 6.07) is 3.99. The largest absolute Gasteiger partial charge is 0.479 e. The summed E-state index contributed by atoms with van der Waals surface area (Å²) >= 11 is 0. The molecule has 1 aliphatic rings. The summed E-state index contributed by atoms with van der Waals surface area (Å²) in [6.07, 6.45) is 0. The molecule has 0 aliphatic carbocycles. The Labute approximate surface area is 145 Å². The van der Waals surface area contributed by atoms with Gasteiger partial charge < -0.3 is 10.4 Å². The van der Waals surface area contributed by atoms with Crippen molar-refractivity contribution in [2.45, 2.75) is 25.9 Å². The second kappa shape index (κ2) is 7.09. The molecule has 1 fully saturated rings. The Morgan fingerprint density at radius 1 is 1.32 bits per heavy atom. The number of hydrogen-bond acceptors (Lipinski definition) is 5. The molecule has 1 aromatic rings. The lowest BCUT2D eigenvalue weighted by molar-refractivity contribution is -0.139. The summed E-state index contributed by atoms with van der Waals surface area (Å²) in [5.74, 6) is -1.57. The van der Waals surface area contributed by atoms with Crippen LogP contribution in [0.15, 0.2) is 30.3 Å². The van der Waals surface area contributed by atoms with E-state index in [4.69, 9.17) is 0 Å². The predicted octanol–water partition coefficient (Wildman–Crippen LogP) is 0.998. The predicted molar refractivity (Wildman–Crippen MR) is 88.2 cm³/mol. The van der Waals surface area contributed by atoms with Gasteiger partial charge in [-0.1, -0.05) is 30.3 Å². The fraction of sp³-hybridized carbons (Fsp3) is 0.400. The number of hydrogen-bond donors (Lipinski definition) is 2. The van der Waals surface area contributed by atoms with E-state index < -0.39 is 40.1 Å². The van der Waals surface area contributed by atoms with Crippen LogP contribution in [0.1, 0.15) is 25.5 Å². The Kier molecular flexibility index (Phi) is 5.31. The van der Waals surface area contributed by atoms with Crippen LogP contribution in [0.3, 0.4) is 0 Å². The lowest BCUT2D eigenvalue weighted by atomic mass is 10.1. The molecule has 0 radical (unpaired) electrons. The van der Waals surface area contributed by atoms with Crippen molar-refractivity contribution >= 4 is 28.1 Å². The molecule has 0 bridgehead atoms. The molecule has 10 heteroatoms. The fourth-order valence-electron chi connectivity index (χ4n) is 2.56. The van der Waals surface area contributed by atoms with Crippen LogP contribution in [-0.2, 0) is 14.8 Å². The number of carbonyl (C=O) groups excluding carboxylic acids is 2. The number of imide groups is 1. The first kappa shape index (κ1) is 18.7. The molecule has 1 saturated heterocycles. The van der Waals surface area contributed by atoms with Crippen LogP contribution < -0.4 is 5.32 Å². The molecule has 136 valence electrons. The molecule has 0 spiro atoms. The third-order valence-corrected chi connectivity index (χ3v) is 5.67. The molecule has 2 N–H and O–H groups in total. The normalized spacial score (nSPS) is 19.0. The molecule has 4 amide bonds. The van der Waals surface area contributed by atoms with Crippen molar-refractivity contribution in [1.82, 2.24) is 14.5 Å². The van der Waals surface area contributed by atoms with Gasteiger partial charge in [-0.05, 0) is 19.4 Å². The first-order valence-electron chi connectivity index (χ1n) is 7.61. The molecular weight excluding hydrogens is 350 g/mol. The van der Waals surface area contributed by atoms with Crippen molar-refractivity contribution < 1.29 is 27.9 Å². The number of nitrogens with zero attached hydrogens (tertiary/aromatic N) is 2. The number of urea groups is 2. The molecule has 0 aromatic heterocycles. The van der Waals surface area contributed by atoms with Gasteiger partial charge in [0.1, 0.15) is 0 Å². The lowest BCUT2D eigenvalue weighted by Crippen LogP contribution is -2.46. The van der Waals surface area contributed by atoms with Gasteiger partial charge in [0.15, 0.2) is 6.04 Å². The zero-order valence-corrected chi connectivity index (χ0v) is 14.6. The molecule has 2 rings (SSSR count). The van der Waals surface area contributed by atoms with E-state index in [1.807, 2.05) is 0 Å². The highest BCUT2D eigenvalue weighted by Crippen LogP contribution is 2.21. The van der Waals surface area contributed by atoms with Crippen LogP contribution in [0.4, 0.5) is 9.59 Å². The number of carboxylic acid groups (broad SMARTS) is 1. The number of sulfonamides is 1. The van der Waals surface area contributed by atoms with Crippen LogP contribution in [0.2, 0.25) is 0 Å². The number of nitrogens with one attached hydrogen (secondary N) is 1. The smallest absolute Gasteiger partial charge is 0.342 e. The summed E-state index contributed by atoms with van der Waals surface area (Å²) in [5.41, 5.74) is 0.334. The van der Waals surface area contributed by atoms with E-state index in [9.17, 15) is 27.9 Å². The zero-order valence-electron chi connectivity index (χ0n) is 13.7. The number of carboxylic acids is 1. The molecule has 2 unspecified atom stereocenters. The Morgan fingerprint density at radius 2 is 1.92 bits per heavy atom. The number of aliphatic carboxylic acids is 1. The van der Waals surface area contributed by atoms with Crippen LogP contribution in [-0.4, -0.2) is 59.1 Å². The van der Waals surface area contributed by atoms with Gasteiger partial charge in [-0.15, -0.1) is 0 Å². The lowest BCUT2D eigenvalue weighted by Gasteiger charge is -2.20. The standard InChI is InChI=1S/C15H19N3O6S/c1-3-25(23,24)18-10(2)9-17(15(18)22)14(21)16-12(13(19)20)11-7-5-4-6-8-11/h4-8,10,12H,3,9H2,1-2H3,(H,16,21)(H,19,20). The van der Waals surface area contributed by atoms with Crippen molar-refractivity contribution in [3.63, 3.8) is 0 Å². The molecule has 1 aliphatic heterocycles. The summed E-state index contributed by atoms with van der Waals surface area (Å²) in [6.45, 7) is 2.75. The van der Waals surface area contributed by atoms with Gasteiger partial charge in [0, 0.05) is 0 Å². The van der Waals surface area contributed by atoms with E-state index in [0.29, 0.717) is 14.8 Å². The van der Waals surface area contributed by atoms with Crippen LogP contribution in [0.5, 0.6) is 0 Å². The fourth-order valence-corrected chi connectivity index (χ4v) is 3.79. The minimum Gasteiger partial charge on any atom is -0.479 e. The van der Waals surface area contributed by atoms with Crippen molar-refractivity contribution in [2.24, 2.45) is 0 Å². The summed E-state index contributed by atoms with van der Waals surface area (Å²) in [4.78, 5) is 36.8. The van der Waals surface area contributed by atoms with E-state index in [1.54, 1.807) is 18.2 Å². The average Bonchev–Trinajstić information content (AvgIpc) is 2.88. The van der Waals surface area contributed by atoms with E-state index in [1.165, 1.54) is 26.0 Å². The van der Waals surface area contributed by atoms with E-state index in [-0.39, 0.29) is 12.3 Å². The number of carbonyl (C=O) groups is 3. The van der Waals surface area contributed by atoms with Gasteiger partial charge in [-0.25, -0.2) is 32.0 Å². The van der Waals surface area contributed by atoms with Crippen molar-refractivity contribution in [3.8, 4) is 0 Å². The van der Waals surface area contributed by atoms with Gasteiger partial charge >= 0.3 is 18.0 Å². The zero-order chi connectivity index (χ0) is 18.8. The highest BCUT2D eigenvalue weighted by molar-refractivity contribution is 7.89. The Morgan fingerprint density at radius 3 is 2.44 bits per heavy atom. The molecule has 9 nitrogen and oxygen atoms in total. The van der Waals surface area contributed by atoms with E-state index >= 15 is 0 Å². The van der Waals surface area contributed by atoms with Gasteiger partial charge in [0.05, 0.1) is 18.3 Å². The highest BCUT2D eigenvalue weighted by atomic mass is 32.2. The van der Waals surface area contributed by atoms with Crippen LogP contribution in [0.25, 0.3) is 0 Å². The third-order valence-electron chi connectivity index (χ3n) is 3.82. The minimum absolute atomic E-state index is 0.148. The van der Waals surface area contributed by atoms with Crippen molar-refractivity contribution in [1.29, 1.82) is 0 Å². The maximum Gasteiger partial charge on any atom is 0.342 e. The van der Waals surface area contributed by atoms with Gasteiger partial charge in [0.25, 0.3) is 0 Å². The second-order valence-corrected chi connectivity index (χ2v) is 7.70. The van der Waals surface area contributed by atoms with Crippen LogP contribution >= 0.6 is 0 Å². The van der Waals surface area contributed by atoms with Gasteiger partial charge in [-0.3, -0.25) is 0 Å². The molecule has 0 saturated carbocycles. The van der Waals surface area contributed by atoms with E-state index in [2.05, 4.69) is 5.32 Å². The SMILES string of the molecule is CCS(=O)(=O)N1C(=O)N(C(=O)NC(C(=O)O)c2ccccc2)CC1C. The third kappa shape index (κ3) is 3.73. The van der Waals surface area contributed by atoms with Crippen molar-refractivity contribution in [3.05, 3.63) is 35.9 Å². The molecular formula is C15H19N3O6S. The molecule has 2 atom stereocenters. The maximum atomic E-state index is 12.4. The monoisotopic (exact) mass is 369 g/mol. The Bertz CT molecular complexity index is 780. The number of rotatable bonds is 5. The van der Waals surface area contributed by atoms with Gasteiger partial charge in [-0.2, -0.15) is 0 Å². The Balaban J connectivity index is 2.20. The average molecular weight is 369 g/mol. The van der Waals surface area contributed by atoms with Crippen LogP contribution in [0, 0.1) is 0 Å². The molecule has 1 heterocycles. The quantitative estimate of drug-likeness (QED) is 0.798. The number of amides is 4. The first-order chi connectivity index (χ1) is 11.7. The summed E-state index contributed by atoms with van der Waals surface area (Å²) in [7, 11) is -3.81. The molecule has 25 heavy (non-hydrogen) atoms. The molecule has 1 aromatic carbocycles. The highest BCUT2D eigenvalue weighted by Gasteiger charge is 2.44. The maximum absolute atomic E-state index is 12.4. The van der Waals surface area contributed by atoms with E-state index in [0.717, 1.165) is 0 Å². The van der Waals surface area contributed by atoms with Crippen molar-refractivity contribution in [2.75, 3.05) is 12.3 Å². The topological polar surface area (TPSA) is 124 Å². The second-order valence-electron chi connectivity index (χ2n) is 5.57. The number of benzene rings is 1.